The summed E-state index contributed by atoms with van der Waals surface area (Å²) in [5.74, 6) is -7.39. The van der Waals surface area contributed by atoms with Crippen LogP contribution in [0.3, 0.4) is 0 Å². The molecule has 74 heavy (non-hydrogen) atoms. The van der Waals surface area contributed by atoms with E-state index < -0.39 is 220 Å². The van der Waals surface area contributed by atoms with Gasteiger partial charge in [-0.1, -0.05) is 34.6 Å². The highest BCUT2D eigenvalue weighted by atomic mass is 32.3. The van der Waals surface area contributed by atoms with Gasteiger partial charge >= 0.3 is 47.6 Å². The zero-order valence-corrected chi connectivity index (χ0v) is 42.7. The summed E-state index contributed by atoms with van der Waals surface area (Å²) in [7, 11) is -20.0. The Labute approximate surface area is 422 Å². The topological polar surface area (TPSA) is 515 Å². The number of carbonyl (C=O) groups is 1. The van der Waals surface area contributed by atoms with E-state index in [0.717, 1.165) is 7.11 Å². The van der Waals surface area contributed by atoms with E-state index in [1.807, 2.05) is 0 Å². The molecular weight excluding hydrogens is 1110 g/mol. The van der Waals surface area contributed by atoms with Crippen molar-refractivity contribution >= 4 is 47.6 Å². The van der Waals surface area contributed by atoms with Crippen molar-refractivity contribution in [3.05, 3.63) is 4.91 Å². The molecule has 0 amide bonds. The minimum absolute atomic E-state index is 1.03. The number of aliphatic hydroxyl groups is 5. The molecule has 0 aliphatic carbocycles. The first kappa shape index (κ1) is 62.8. The number of carboxylic acid groups (broad SMARTS) is 1. The highest BCUT2D eigenvalue weighted by molar-refractivity contribution is 7.81. The van der Waals surface area contributed by atoms with Gasteiger partial charge in [-0.15, -0.1) is 4.91 Å². The predicted molar refractivity (Wildman–Crippen MR) is 228 cm³/mol. The fraction of sp³-hybridized carbons (Fsp3) is 0.971. The molecule has 5 rings (SSSR count). The molecule has 10 unspecified atom stereocenters. The Morgan fingerprint density at radius 3 is 1.43 bits per heavy atom. The van der Waals surface area contributed by atoms with Crippen LogP contribution in [0.15, 0.2) is 5.18 Å². The molecule has 0 aromatic carbocycles. The molecule has 39 heteroatoms. The van der Waals surface area contributed by atoms with Crippen LogP contribution in [0, 0.1) is 34.5 Å². The summed E-state index contributed by atoms with van der Waals surface area (Å²) < 4.78 is 205. The highest BCUT2D eigenvalue weighted by Crippen LogP contribution is 2.41. The second-order valence-corrected chi connectivity index (χ2v) is 22.2. The van der Waals surface area contributed by atoms with E-state index in [4.69, 9.17) is 51.9 Å². The Bertz CT molecular complexity index is 2350. The number of hydrogen-bond donors (Lipinski definition) is 10. The van der Waals surface area contributed by atoms with Crippen LogP contribution < -0.4 is 0 Å². The van der Waals surface area contributed by atoms with E-state index in [-0.39, 0.29) is 0 Å². The van der Waals surface area contributed by atoms with Crippen LogP contribution in [0.2, 0.25) is 0 Å². The van der Waals surface area contributed by atoms with Gasteiger partial charge in [0.15, 0.2) is 43.7 Å². The van der Waals surface area contributed by atoms with Crippen LogP contribution in [0.5, 0.6) is 0 Å². The van der Waals surface area contributed by atoms with Gasteiger partial charge in [-0.3, -0.25) is 18.2 Å². The standard InChI is InChI=1S/C35H59NO34S4/c1-10-11(2)32(67-26-22(41)27(70-74(54,55)56)35(69-29(26)36-44)66-25-17(9-60-73(51,52)53)62-31(57-6)14(5)19(25)38)63-16(8-59-72(48,49)50)23(10)64-34-20(39)12(3)24(28(68-34)30(42)43)65-33-13(4)18(37)21(40)15(61-33)7-58-71(45,46)47/h10-29,31-35,37-41H,7-9H2,1-6H3,(H,42,43)(H,45,46,47)(H,48,49,50)(H,51,52,53)(H,54,55,56)/t10-,11?,12-,13?,14?,15?,16?,17?,18-,19-,20?,21-,22?,23+,24+,25-,26+,27?,28?,29-,31+,32-,33-,34-,35-/m1/s1. The molecule has 5 aliphatic heterocycles. The first-order valence-electron chi connectivity index (χ1n) is 21.9. The van der Waals surface area contributed by atoms with Crippen molar-refractivity contribution in [1.82, 2.24) is 0 Å². The molecule has 0 bridgehead atoms. The van der Waals surface area contributed by atoms with Crippen molar-refractivity contribution in [1.29, 1.82) is 0 Å². The molecule has 0 saturated carbocycles. The molecule has 35 nitrogen and oxygen atoms in total. The average Bonchev–Trinajstić information content (AvgIpc) is 3.29. The maximum atomic E-state index is 12.7. The number of hydrogen-bond acceptors (Lipinski definition) is 30. The van der Waals surface area contributed by atoms with Gasteiger partial charge in [0.05, 0.1) is 38.1 Å². The number of carboxylic acids is 1. The summed E-state index contributed by atoms with van der Waals surface area (Å²) in [5, 5.41) is 68.5. The monoisotopic (exact) mass is 1170 g/mol. The van der Waals surface area contributed by atoms with Gasteiger partial charge in [0.2, 0.25) is 6.23 Å². The van der Waals surface area contributed by atoms with Crippen LogP contribution in [0.1, 0.15) is 34.6 Å². The quantitative estimate of drug-likeness (QED) is 0.0359. The zero-order chi connectivity index (χ0) is 55.7. The summed E-state index contributed by atoms with van der Waals surface area (Å²) in [4.78, 5) is 25.1. The Morgan fingerprint density at radius 1 is 0.459 bits per heavy atom. The summed E-state index contributed by atoms with van der Waals surface area (Å²) in [5.41, 5.74) is 0. The third-order valence-electron chi connectivity index (χ3n) is 13.0. The van der Waals surface area contributed by atoms with Gasteiger partial charge < -0.3 is 78.0 Å². The molecule has 0 aromatic rings. The van der Waals surface area contributed by atoms with Crippen LogP contribution in [-0.4, -0.2) is 239 Å². The van der Waals surface area contributed by atoms with Gasteiger partial charge in [0, 0.05) is 30.8 Å². The first-order chi connectivity index (χ1) is 34.1. The van der Waals surface area contributed by atoms with Crippen molar-refractivity contribution in [2.45, 2.75) is 158 Å². The average molecular weight is 1170 g/mol. The van der Waals surface area contributed by atoms with Crippen molar-refractivity contribution in [3.63, 3.8) is 0 Å². The second-order valence-electron chi connectivity index (χ2n) is 17.9. The van der Waals surface area contributed by atoms with Crippen LogP contribution in [0.4, 0.5) is 0 Å². The van der Waals surface area contributed by atoms with Crippen molar-refractivity contribution in [2.75, 3.05) is 26.9 Å². The van der Waals surface area contributed by atoms with Crippen molar-refractivity contribution < 1.29 is 151 Å². The Hall–Kier alpha value is -2.05. The van der Waals surface area contributed by atoms with E-state index in [1.54, 1.807) is 0 Å². The summed E-state index contributed by atoms with van der Waals surface area (Å²) in [6, 6.07) is 0. The molecule has 0 spiro atoms. The summed E-state index contributed by atoms with van der Waals surface area (Å²) >= 11 is 0. The van der Waals surface area contributed by atoms with Crippen LogP contribution >= 0.6 is 0 Å². The van der Waals surface area contributed by atoms with Gasteiger partial charge in [-0.25, -0.2) is 21.5 Å². The molecule has 0 radical (unpaired) electrons. The Balaban J connectivity index is 1.38. The second kappa shape index (κ2) is 25.0. The lowest BCUT2D eigenvalue weighted by atomic mass is 9.84. The number of aliphatic carboxylic acids is 1. The van der Waals surface area contributed by atoms with Gasteiger partial charge in [-0.05, 0) is 11.1 Å². The molecule has 10 N–H and O–H groups in total. The number of nitrogens with zero attached hydrogens (tertiary/aromatic N) is 1. The third kappa shape index (κ3) is 15.8. The number of aliphatic hydroxyl groups excluding tert-OH is 5. The van der Waals surface area contributed by atoms with Crippen LogP contribution in [0.25, 0.3) is 0 Å². The largest absolute Gasteiger partial charge is 0.479 e. The molecule has 432 valence electrons. The maximum Gasteiger partial charge on any atom is 0.397 e. The SMILES string of the molecule is CO[C@H]1OC(COS(=O)(=O)O)[C@@H](O[C@@H]2O[C@@H](N=O)[C@@H](O[C@H]3OC(COS(=O)(=O)O)[C@@H](O[C@@H]4OC(C(=O)O)[C@@H](O[C@H]5OC(COS(=O)(=O)O)[C@@H](O)[C@H](O)C5C)[C@H](C)C4O)[C@H](C)C3C)C(O)C2OS(=O)(=O)O)[C@H](O)C1C. The van der Waals surface area contributed by atoms with Crippen molar-refractivity contribution in [2.24, 2.45) is 34.8 Å². The van der Waals surface area contributed by atoms with E-state index in [0.29, 0.717) is 0 Å². The zero-order valence-electron chi connectivity index (χ0n) is 39.4. The van der Waals surface area contributed by atoms with Crippen LogP contribution in [-0.2, 0) is 110 Å². The molecule has 5 aliphatic rings. The fourth-order valence-corrected chi connectivity index (χ4v) is 10.2. The smallest absolute Gasteiger partial charge is 0.397 e. The minimum atomic E-state index is -5.62. The number of rotatable bonds is 22. The summed E-state index contributed by atoms with van der Waals surface area (Å²) in [6.07, 6.45) is -37.9. The predicted octanol–water partition coefficient (Wildman–Crippen LogP) is -4.76. The molecule has 5 heterocycles. The fourth-order valence-electron chi connectivity index (χ4n) is 8.75. The molecule has 0 aromatic heterocycles. The van der Waals surface area contributed by atoms with E-state index in [2.05, 4.69) is 21.9 Å². The maximum absolute atomic E-state index is 12.7. The first-order valence-corrected chi connectivity index (χ1v) is 27.4. The Morgan fingerprint density at radius 2 is 0.919 bits per heavy atom. The molecule has 5 saturated heterocycles. The molecule has 5 fully saturated rings. The van der Waals surface area contributed by atoms with E-state index in [1.165, 1.54) is 34.6 Å². The Kier molecular flexibility index (Phi) is 21.2. The lowest BCUT2D eigenvalue weighted by Gasteiger charge is -2.50. The molecule has 25 atom stereocenters. The number of ether oxygens (including phenoxy) is 10. The third-order valence-corrected chi connectivity index (χ3v) is 14.7. The lowest BCUT2D eigenvalue weighted by Crippen LogP contribution is -2.65. The van der Waals surface area contributed by atoms with Gasteiger partial charge in [0.1, 0.15) is 54.9 Å². The van der Waals surface area contributed by atoms with E-state index >= 15 is 0 Å². The number of nitroso groups, excluding NO2 is 1. The molecular formula is C35H59NO34S4. The minimum Gasteiger partial charge on any atom is -0.479 e. The number of methoxy groups -OCH3 is 1. The highest BCUT2D eigenvalue weighted by Gasteiger charge is 2.57. The lowest BCUT2D eigenvalue weighted by molar-refractivity contribution is -0.375. The normalized spacial score (nSPS) is 43.9. The van der Waals surface area contributed by atoms with Gasteiger partial charge in [-0.2, -0.15) is 33.7 Å². The van der Waals surface area contributed by atoms with Crippen molar-refractivity contribution in [3.8, 4) is 0 Å². The summed E-state index contributed by atoms with van der Waals surface area (Å²) in [6.45, 7) is 3.46. The van der Waals surface area contributed by atoms with E-state index in [9.17, 15) is 87.7 Å². The van der Waals surface area contributed by atoms with Gasteiger partial charge in [0.25, 0.3) is 0 Å².